The van der Waals surface area contributed by atoms with Crippen LogP contribution in [-0.4, -0.2) is 41.6 Å². The van der Waals surface area contributed by atoms with Gasteiger partial charge in [0.15, 0.2) is 4.34 Å². The maximum atomic E-state index is 12.3. The lowest BCUT2D eigenvalue weighted by Gasteiger charge is -2.13. The van der Waals surface area contributed by atoms with Crippen molar-refractivity contribution in [2.24, 2.45) is 0 Å². The molecule has 1 amide bonds. The summed E-state index contributed by atoms with van der Waals surface area (Å²) in [6, 6.07) is 5.37. The number of aromatic nitrogens is 2. The Kier molecular flexibility index (Phi) is 8.23. The van der Waals surface area contributed by atoms with Crippen LogP contribution in [0.4, 0.5) is 10.8 Å². The molecule has 2 aromatic rings. The van der Waals surface area contributed by atoms with Crippen molar-refractivity contribution in [3.63, 3.8) is 0 Å². The van der Waals surface area contributed by atoms with Gasteiger partial charge in [0, 0.05) is 12.6 Å². The molecule has 1 aromatic carbocycles. The molecule has 1 aromatic heterocycles. The Morgan fingerprint density at radius 1 is 1.31 bits per heavy atom. The van der Waals surface area contributed by atoms with E-state index < -0.39 is 0 Å². The largest absolute Gasteiger partial charge is 0.494 e. The number of amides is 1. The Bertz CT molecular complexity index is 737. The topological polar surface area (TPSA) is 85.4 Å². The van der Waals surface area contributed by atoms with Crippen LogP contribution in [0.25, 0.3) is 0 Å². The number of nitrogens with zero attached hydrogens (tertiary/aromatic N) is 2. The Morgan fingerprint density at radius 3 is 2.85 bits per heavy atom. The van der Waals surface area contributed by atoms with Gasteiger partial charge in [0.05, 0.1) is 24.7 Å². The molecular formula is C17H22N4O3S2. The van der Waals surface area contributed by atoms with E-state index in [0.29, 0.717) is 42.1 Å². The minimum atomic E-state index is -0.152. The second-order valence-corrected chi connectivity index (χ2v) is 7.10. The Balaban J connectivity index is 1.94. The number of carbonyl (C=O) groups excluding carboxylic acids is 1. The highest BCUT2D eigenvalue weighted by Gasteiger charge is 2.12. The van der Waals surface area contributed by atoms with Gasteiger partial charge in [-0.1, -0.05) is 29.2 Å². The number of ether oxygens (including phenoxy) is 2. The van der Waals surface area contributed by atoms with Gasteiger partial charge >= 0.3 is 0 Å². The van der Waals surface area contributed by atoms with Crippen LogP contribution < -0.4 is 20.1 Å². The monoisotopic (exact) mass is 394 g/mol. The predicted molar refractivity (Wildman–Crippen MR) is 107 cm³/mol. The first kappa shape index (κ1) is 20.1. The third kappa shape index (κ3) is 6.23. The minimum Gasteiger partial charge on any atom is -0.494 e. The van der Waals surface area contributed by atoms with E-state index in [1.165, 1.54) is 23.1 Å². The normalized spacial score (nSPS) is 10.2. The first-order valence-electron chi connectivity index (χ1n) is 8.16. The van der Waals surface area contributed by atoms with Gasteiger partial charge in [-0.2, -0.15) is 0 Å². The van der Waals surface area contributed by atoms with Crippen molar-refractivity contribution in [3.8, 4) is 11.5 Å². The van der Waals surface area contributed by atoms with Gasteiger partial charge in [0.1, 0.15) is 11.5 Å². The average molecular weight is 395 g/mol. The van der Waals surface area contributed by atoms with E-state index in [0.717, 1.165) is 4.34 Å². The van der Waals surface area contributed by atoms with Crippen molar-refractivity contribution in [1.29, 1.82) is 0 Å². The minimum absolute atomic E-state index is 0.152. The van der Waals surface area contributed by atoms with E-state index in [-0.39, 0.29) is 11.7 Å². The zero-order chi connectivity index (χ0) is 18.8. The standard InChI is InChI=1S/C17H22N4O3S2/c1-4-9-18-16-20-21-17(26-16)25-11-15(22)19-13-10-12(23-5-2)7-8-14(13)24-6-3/h4,7-8,10H,1,5-6,9,11H2,2-3H3,(H,18,20)(H,19,22). The molecule has 0 atom stereocenters. The summed E-state index contributed by atoms with van der Waals surface area (Å²) < 4.78 is 11.8. The highest BCUT2D eigenvalue weighted by molar-refractivity contribution is 8.01. The number of nitrogens with one attached hydrogen (secondary N) is 2. The smallest absolute Gasteiger partial charge is 0.234 e. The molecular weight excluding hydrogens is 372 g/mol. The van der Waals surface area contributed by atoms with Crippen molar-refractivity contribution in [3.05, 3.63) is 30.9 Å². The highest BCUT2D eigenvalue weighted by Crippen LogP contribution is 2.30. The summed E-state index contributed by atoms with van der Waals surface area (Å²) in [5, 5.41) is 14.7. The molecule has 0 unspecified atom stereocenters. The molecule has 0 aliphatic rings. The second-order valence-electron chi connectivity index (χ2n) is 4.90. The lowest BCUT2D eigenvalue weighted by molar-refractivity contribution is -0.113. The first-order chi connectivity index (χ1) is 12.7. The summed E-state index contributed by atoms with van der Waals surface area (Å²) >= 11 is 2.73. The van der Waals surface area contributed by atoms with Crippen LogP contribution in [0.5, 0.6) is 11.5 Å². The van der Waals surface area contributed by atoms with Crippen LogP contribution in [0.15, 0.2) is 35.2 Å². The van der Waals surface area contributed by atoms with E-state index >= 15 is 0 Å². The molecule has 9 heteroatoms. The quantitative estimate of drug-likeness (QED) is 0.444. The summed E-state index contributed by atoms with van der Waals surface area (Å²) in [7, 11) is 0. The van der Waals surface area contributed by atoms with Crippen molar-refractivity contribution >= 4 is 39.8 Å². The molecule has 0 radical (unpaired) electrons. The predicted octanol–water partition coefficient (Wildman–Crippen LogP) is 3.66. The van der Waals surface area contributed by atoms with Crippen LogP contribution in [0.1, 0.15) is 13.8 Å². The second kappa shape index (κ2) is 10.7. The Hall–Kier alpha value is -2.26. The van der Waals surface area contributed by atoms with Crippen LogP contribution in [0, 0.1) is 0 Å². The third-order valence-corrected chi connectivity index (χ3v) is 4.98. The molecule has 7 nitrogen and oxygen atoms in total. The highest BCUT2D eigenvalue weighted by atomic mass is 32.2. The number of carbonyl (C=O) groups is 1. The van der Waals surface area contributed by atoms with Crippen molar-refractivity contribution < 1.29 is 14.3 Å². The number of anilines is 2. The number of hydrogen-bond acceptors (Lipinski definition) is 8. The maximum absolute atomic E-state index is 12.3. The summed E-state index contributed by atoms with van der Waals surface area (Å²) in [5.74, 6) is 1.36. The van der Waals surface area contributed by atoms with E-state index in [2.05, 4.69) is 27.4 Å². The third-order valence-electron chi connectivity index (χ3n) is 2.97. The van der Waals surface area contributed by atoms with E-state index in [9.17, 15) is 4.79 Å². The molecule has 0 fully saturated rings. The molecule has 0 aliphatic carbocycles. The zero-order valence-corrected chi connectivity index (χ0v) is 16.4. The molecule has 0 aliphatic heterocycles. The SMILES string of the molecule is C=CCNc1nnc(SCC(=O)Nc2cc(OCC)ccc2OCC)s1. The zero-order valence-electron chi connectivity index (χ0n) is 14.8. The molecule has 0 saturated heterocycles. The van der Waals surface area contributed by atoms with Gasteiger partial charge in [-0.25, -0.2) is 0 Å². The fourth-order valence-corrected chi connectivity index (χ4v) is 3.52. The molecule has 0 saturated carbocycles. The number of hydrogen-bond donors (Lipinski definition) is 2. The molecule has 1 heterocycles. The first-order valence-corrected chi connectivity index (χ1v) is 9.97. The molecule has 2 N–H and O–H groups in total. The van der Waals surface area contributed by atoms with Gasteiger partial charge in [-0.05, 0) is 26.0 Å². The van der Waals surface area contributed by atoms with Gasteiger partial charge in [-0.3, -0.25) is 4.79 Å². The van der Waals surface area contributed by atoms with Crippen LogP contribution in [0.3, 0.4) is 0 Å². The molecule has 0 bridgehead atoms. The van der Waals surface area contributed by atoms with Gasteiger partial charge in [-0.15, -0.1) is 16.8 Å². The van der Waals surface area contributed by atoms with Crippen LogP contribution in [-0.2, 0) is 4.79 Å². The van der Waals surface area contributed by atoms with Gasteiger partial charge < -0.3 is 20.1 Å². The summed E-state index contributed by atoms with van der Waals surface area (Å²) in [6.07, 6.45) is 1.74. The summed E-state index contributed by atoms with van der Waals surface area (Å²) in [6.45, 7) is 9.12. The summed E-state index contributed by atoms with van der Waals surface area (Å²) in [4.78, 5) is 12.3. The average Bonchev–Trinajstić information content (AvgIpc) is 3.09. The van der Waals surface area contributed by atoms with Crippen molar-refractivity contribution in [2.75, 3.05) is 36.1 Å². The molecule has 26 heavy (non-hydrogen) atoms. The van der Waals surface area contributed by atoms with Crippen LogP contribution in [0.2, 0.25) is 0 Å². The Labute approximate surface area is 161 Å². The lowest BCUT2D eigenvalue weighted by atomic mass is 10.2. The van der Waals surface area contributed by atoms with Crippen LogP contribution >= 0.6 is 23.1 Å². The number of benzene rings is 1. The fraction of sp³-hybridized carbons (Fsp3) is 0.353. The van der Waals surface area contributed by atoms with E-state index in [4.69, 9.17) is 9.47 Å². The molecule has 2 rings (SSSR count). The van der Waals surface area contributed by atoms with Crippen molar-refractivity contribution in [2.45, 2.75) is 18.2 Å². The van der Waals surface area contributed by atoms with E-state index in [1.807, 2.05) is 19.9 Å². The Morgan fingerprint density at radius 2 is 2.12 bits per heavy atom. The molecule has 140 valence electrons. The number of rotatable bonds is 11. The number of thioether (sulfide) groups is 1. The molecule has 0 spiro atoms. The lowest BCUT2D eigenvalue weighted by Crippen LogP contribution is -2.15. The van der Waals surface area contributed by atoms with E-state index in [1.54, 1.807) is 18.2 Å². The summed E-state index contributed by atoms with van der Waals surface area (Å²) in [5.41, 5.74) is 0.592. The maximum Gasteiger partial charge on any atom is 0.234 e. The fourth-order valence-electron chi connectivity index (χ4n) is 1.96. The van der Waals surface area contributed by atoms with Gasteiger partial charge in [0.2, 0.25) is 11.0 Å². The van der Waals surface area contributed by atoms with Gasteiger partial charge in [0.25, 0.3) is 0 Å². The van der Waals surface area contributed by atoms with Crippen molar-refractivity contribution in [1.82, 2.24) is 10.2 Å².